The first-order valence-corrected chi connectivity index (χ1v) is 8.97. The number of hydrogen-bond donors (Lipinski definition) is 1. The Morgan fingerprint density at radius 2 is 1.80 bits per heavy atom. The number of anilines is 1. The Labute approximate surface area is 145 Å². The molecule has 1 aromatic heterocycles. The van der Waals surface area contributed by atoms with E-state index in [1.807, 2.05) is 18.2 Å². The van der Waals surface area contributed by atoms with Gasteiger partial charge in [-0.3, -0.25) is 4.79 Å². The smallest absolute Gasteiger partial charge is 0.242 e. The lowest BCUT2D eigenvalue weighted by Crippen LogP contribution is -2.22. The predicted octanol–water partition coefficient (Wildman–Crippen LogP) is 2.26. The van der Waals surface area contributed by atoms with Gasteiger partial charge in [0.25, 0.3) is 0 Å². The topological polar surface area (TPSA) is 92.5 Å². The summed E-state index contributed by atoms with van der Waals surface area (Å²) in [5, 5.41) is 7.44. The molecule has 0 aliphatic rings. The van der Waals surface area contributed by atoms with Gasteiger partial charge in [-0.1, -0.05) is 17.3 Å². The molecular formula is C17H17N3O4S. The summed E-state index contributed by atoms with van der Waals surface area (Å²) in [6.07, 6.45) is 0.0642. The molecule has 2 aromatic carbocycles. The molecule has 1 heterocycles. The Balaban J connectivity index is 1.71. The van der Waals surface area contributed by atoms with Crippen molar-refractivity contribution in [3.63, 3.8) is 0 Å². The third kappa shape index (κ3) is 3.54. The van der Waals surface area contributed by atoms with E-state index in [4.69, 9.17) is 4.52 Å². The Kier molecular flexibility index (Phi) is 4.56. The first kappa shape index (κ1) is 17.1. The quantitative estimate of drug-likeness (QED) is 0.754. The Morgan fingerprint density at radius 3 is 2.48 bits per heavy atom. The molecule has 0 bridgehead atoms. The van der Waals surface area contributed by atoms with Gasteiger partial charge in [-0.2, -0.15) is 0 Å². The van der Waals surface area contributed by atoms with Crippen LogP contribution in [0.25, 0.3) is 11.0 Å². The van der Waals surface area contributed by atoms with E-state index < -0.39 is 10.0 Å². The highest BCUT2D eigenvalue weighted by Crippen LogP contribution is 2.19. The highest BCUT2D eigenvalue weighted by molar-refractivity contribution is 7.89. The summed E-state index contributed by atoms with van der Waals surface area (Å²) in [4.78, 5) is 12.4. The number of amides is 1. The van der Waals surface area contributed by atoms with Crippen molar-refractivity contribution in [2.24, 2.45) is 0 Å². The molecule has 3 rings (SSSR count). The monoisotopic (exact) mass is 359 g/mol. The fourth-order valence-electron chi connectivity index (χ4n) is 2.34. The van der Waals surface area contributed by atoms with Gasteiger partial charge in [0.15, 0.2) is 5.58 Å². The number of para-hydroxylation sites is 1. The molecule has 3 aromatic rings. The molecule has 0 saturated carbocycles. The second-order valence-corrected chi connectivity index (χ2v) is 7.81. The molecule has 130 valence electrons. The zero-order valence-electron chi connectivity index (χ0n) is 13.8. The Bertz CT molecular complexity index is 1010. The molecule has 25 heavy (non-hydrogen) atoms. The maximum Gasteiger partial charge on any atom is 0.242 e. The van der Waals surface area contributed by atoms with Crippen molar-refractivity contribution in [2.45, 2.75) is 11.3 Å². The summed E-state index contributed by atoms with van der Waals surface area (Å²) in [6, 6.07) is 13.3. The minimum absolute atomic E-state index is 0.0642. The Hall–Kier alpha value is -2.71. The number of carbonyl (C=O) groups is 1. The number of fused-ring (bicyclic) bond motifs is 1. The van der Waals surface area contributed by atoms with Gasteiger partial charge in [-0.15, -0.1) is 0 Å². The molecule has 1 N–H and O–H groups in total. The van der Waals surface area contributed by atoms with Crippen LogP contribution in [-0.2, 0) is 21.2 Å². The van der Waals surface area contributed by atoms with Crippen molar-refractivity contribution in [1.29, 1.82) is 0 Å². The maximum absolute atomic E-state index is 12.2. The molecule has 0 unspecified atom stereocenters. The van der Waals surface area contributed by atoms with Crippen LogP contribution in [-0.4, -0.2) is 37.9 Å². The first-order valence-electron chi connectivity index (χ1n) is 7.53. The van der Waals surface area contributed by atoms with Gasteiger partial charge >= 0.3 is 0 Å². The van der Waals surface area contributed by atoms with Crippen molar-refractivity contribution in [2.75, 3.05) is 19.4 Å². The van der Waals surface area contributed by atoms with E-state index in [0.29, 0.717) is 17.0 Å². The summed E-state index contributed by atoms with van der Waals surface area (Å²) in [6.45, 7) is 0. The van der Waals surface area contributed by atoms with Crippen molar-refractivity contribution >= 4 is 32.6 Å². The van der Waals surface area contributed by atoms with Crippen molar-refractivity contribution in [1.82, 2.24) is 9.46 Å². The summed E-state index contributed by atoms with van der Waals surface area (Å²) >= 11 is 0. The van der Waals surface area contributed by atoms with Crippen LogP contribution in [0.1, 0.15) is 5.69 Å². The lowest BCUT2D eigenvalue weighted by atomic mass is 10.1. The van der Waals surface area contributed by atoms with E-state index in [2.05, 4.69) is 10.5 Å². The Morgan fingerprint density at radius 1 is 1.12 bits per heavy atom. The number of nitrogens with one attached hydrogen (secondary N) is 1. The molecular weight excluding hydrogens is 342 g/mol. The van der Waals surface area contributed by atoms with Gasteiger partial charge in [-0.05, 0) is 36.4 Å². The van der Waals surface area contributed by atoms with Crippen LogP contribution in [0.15, 0.2) is 57.9 Å². The molecule has 0 atom stereocenters. The van der Waals surface area contributed by atoms with Crippen LogP contribution in [0.4, 0.5) is 5.69 Å². The minimum atomic E-state index is -3.49. The van der Waals surface area contributed by atoms with Gasteiger partial charge in [0, 0.05) is 25.2 Å². The molecule has 7 nitrogen and oxygen atoms in total. The van der Waals surface area contributed by atoms with Crippen LogP contribution in [0.3, 0.4) is 0 Å². The highest BCUT2D eigenvalue weighted by atomic mass is 32.2. The summed E-state index contributed by atoms with van der Waals surface area (Å²) in [7, 11) is -0.558. The van der Waals surface area contributed by atoms with Crippen LogP contribution in [0.2, 0.25) is 0 Å². The normalized spacial score (nSPS) is 11.8. The second kappa shape index (κ2) is 6.66. The largest absolute Gasteiger partial charge is 0.356 e. The number of benzene rings is 2. The third-order valence-corrected chi connectivity index (χ3v) is 5.53. The van der Waals surface area contributed by atoms with Gasteiger partial charge in [-0.25, -0.2) is 12.7 Å². The number of rotatable bonds is 5. The summed E-state index contributed by atoms with van der Waals surface area (Å²) in [5.41, 5.74) is 1.69. The van der Waals surface area contributed by atoms with Gasteiger partial charge in [0.2, 0.25) is 15.9 Å². The number of nitrogens with zero attached hydrogens (tertiary/aromatic N) is 2. The molecule has 0 spiro atoms. The molecule has 0 aliphatic carbocycles. The second-order valence-electron chi connectivity index (χ2n) is 5.66. The van der Waals surface area contributed by atoms with E-state index in [-0.39, 0.29) is 17.2 Å². The standard InChI is InChI=1S/C17H17N3O4S/c1-20(2)25(22,23)13-9-7-12(8-10-13)18-17(21)11-15-14-5-3-4-6-16(14)24-19-15/h3-10H,11H2,1-2H3,(H,18,21). The van der Waals surface area contributed by atoms with Gasteiger partial charge in [0.1, 0.15) is 5.69 Å². The fourth-order valence-corrected chi connectivity index (χ4v) is 3.25. The lowest BCUT2D eigenvalue weighted by molar-refractivity contribution is -0.115. The first-order chi connectivity index (χ1) is 11.9. The van der Waals surface area contributed by atoms with E-state index in [1.165, 1.54) is 26.2 Å². The van der Waals surface area contributed by atoms with Crippen molar-refractivity contribution in [3.8, 4) is 0 Å². The number of hydrogen-bond acceptors (Lipinski definition) is 5. The zero-order chi connectivity index (χ0) is 18.0. The average molecular weight is 359 g/mol. The summed E-state index contributed by atoms with van der Waals surface area (Å²) in [5.74, 6) is -0.262. The van der Waals surface area contributed by atoms with E-state index >= 15 is 0 Å². The third-order valence-electron chi connectivity index (χ3n) is 3.70. The fraction of sp³-hybridized carbons (Fsp3) is 0.176. The van der Waals surface area contributed by atoms with Gasteiger partial charge in [0.05, 0.1) is 11.3 Å². The lowest BCUT2D eigenvalue weighted by Gasteiger charge is -2.11. The zero-order valence-corrected chi connectivity index (χ0v) is 14.6. The molecule has 0 fully saturated rings. The van der Waals surface area contributed by atoms with Crippen LogP contribution in [0, 0.1) is 0 Å². The average Bonchev–Trinajstić information content (AvgIpc) is 2.98. The molecule has 1 amide bonds. The van der Waals surface area contributed by atoms with E-state index in [0.717, 1.165) is 9.69 Å². The maximum atomic E-state index is 12.2. The predicted molar refractivity (Wildman–Crippen MR) is 93.7 cm³/mol. The van der Waals surface area contributed by atoms with Crippen LogP contribution >= 0.6 is 0 Å². The number of aromatic nitrogens is 1. The highest BCUT2D eigenvalue weighted by Gasteiger charge is 2.17. The molecule has 0 aliphatic heterocycles. The van der Waals surface area contributed by atoms with Crippen molar-refractivity contribution < 1.29 is 17.7 Å². The van der Waals surface area contributed by atoms with Crippen LogP contribution in [0.5, 0.6) is 0 Å². The minimum Gasteiger partial charge on any atom is -0.356 e. The van der Waals surface area contributed by atoms with E-state index in [9.17, 15) is 13.2 Å². The van der Waals surface area contributed by atoms with E-state index in [1.54, 1.807) is 18.2 Å². The SMILES string of the molecule is CN(C)S(=O)(=O)c1ccc(NC(=O)Cc2noc3ccccc23)cc1. The summed E-state index contributed by atoms with van der Waals surface area (Å²) < 4.78 is 30.4. The molecule has 0 radical (unpaired) electrons. The number of carbonyl (C=O) groups excluding carboxylic acids is 1. The molecule has 0 saturated heterocycles. The molecule has 8 heteroatoms. The number of sulfonamides is 1. The van der Waals surface area contributed by atoms with Crippen LogP contribution < -0.4 is 5.32 Å². The van der Waals surface area contributed by atoms with Gasteiger partial charge < -0.3 is 9.84 Å². The van der Waals surface area contributed by atoms with Crippen molar-refractivity contribution in [3.05, 3.63) is 54.2 Å².